The van der Waals surface area contributed by atoms with Gasteiger partial charge in [0.15, 0.2) is 15.1 Å². The van der Waals surface area contributed by atoms with Gasteiger partial charge in [0.2, 0.25) is 0 Å². The molecule has 0 bridgehead atoms. The maximum Gasteiger partial charge on any atom is 0.281 e. The lowest BCUT2D eigenvalue weighted by atomic mass is 9.96. The number of sulfonamides is 4. The minimum atomic E-state index is -4.27. The minimum absolute atomic E-state index is 0.0389. The summed E-state index contributed by atoms with van der Waals surface area (Å²) in [5.41, 5.74) is 17.5. The number of nitrogen functional groups attached to an aromatic ring is 2. The second-order valence-corrected chi connectivity index (χ2v) is 45.5. The number of ether oxygens (including phenoxy) is 2. The zero-order valence-corrected chi connectivity index (χ0v) is 85.9. The van der Waals surface area contributed by atoms with Crippen molar-refractivity contribution < 1.29 is 66.7 Å². The van der Waals surface area contributed by atoms with Gasteiger partial charge in [-0.05, 0) is 280 Å². The number of amides is 4. The average Bonchev–Trinajstić information content (AvgIpc) is 1.39. The molecule has 9 N–H and O–H groups in total. The third-order valence-electron chi connectivity index (χ3n) is 24.5. The van der Waals surface area contributed by atoms with Gasteiger partial charge in [0.05, 0.1) is 46.1 Å². The van der Waals surface area contributed by atoms with Crippen molar-refractivity contribution in [3.63, 3.8) is 0 Å². The Morgan fingerprint density at radius 2 is 1.01 bits per heavy atom. The number of anilines is 8. The number of aromatic nitrogens is 7. The molecule has 4 aliphatic rings. The second kappa shape index (κ2) is 44.2. The number of nitrogens with zero attached hydrogens (tertiary/aromatic N) is 11. The van der Waals surface area contributed by atoms with E-state index in [0.29, 0.717) is 124 Å². The summed E-state index contributed by atoms with van der Waals surface area (Å²) >= 11 is 6.00. The first kappa shape index (κ1) is 106. The summed E-state index contributed by atoms with van der Waals surface area (Å²) in [5, 5.41) is 2.75. The van der Waals surface area contributed by atoms with Crippen LogP contribution in [-0.2, 0) is 46.5 Å². The molecule has 748 valence electrons. The molecular formula is C104H120ClFN18O14S4. The first-order valence-electron chi connectivity index (χ1n) is 46.6. The SMILES string of the molecule is CC(C)COc1cc(F)cc(-c2ccc(C(=O)NS(=O)(=O)c3cccc(N)c3)c(N3CCC3C)n2)c1.CC1CN(c2ncccc2C(=O)NS(=O)(=O)c2cccc(CC(C)c3ccccc3)n2)C(C)(C)C1.CC1CN(c2ncccc2C(=O)NS(=O)(=O)c2cccc(Nc3cccc(Cl)c3)n2)C(C)(C)C1.CCOc1cc(C)cc(-c2cnc(N3CC(C)CC3(C)C)c(C(=O)NS(=O)(=O)c3cccc(N)n3)c2)c1. The number of benzene rings is 5. The normalized spacial score (nSPS) is 17.0. The number of aryl methyl sites for hydroxylation is 1. The summed E-state index contributed by atoms with van der Waals surface area (Å²) < 4.78 is 138. The molecule has 4 aliphatic heterocycles. The van der Waals surface area contributed by atoms with Crippen molar-refractivity contribution in [3.05, 3.63) is 281 Å². The van der Waals surface area contributed by atoms with E-state index >= 15 is 0 Å². The van der Waals surface area contributed by atoms with Crippen LogP contribution in [0.5, 0.6) is 11.5 Å². The Bertz CT molecular complexity index is 7160. The number of hydrogen-bond acceptors (Lipinski definition) is 28. The molecule has 5 unspecified atom stereocenters. The molecule has 5 aromatic carbocycles. The highest BCUT2D eigenvalue weighted by Gasteiger charge is 2.43. The highest BCUT2D eigenvalue weighted by molar-refractivity contribution is 7.91. The number of nitrogens with two attached hydrogens (primary N) is 2. The summed E-state index contributed by atoms with van der Waals surface area (Å²) in [7, 11) is -16.8. The number of pyridine rings is 7. The van der Waals surface area contributed by atoms with E-state index < -0.39 is 69.5 Å². The molecular weight excluding hydrogens is 1910 g/mol. The van der Waals surface area contributed by atoms with E-state index in [1.165, 1.54) is 66.7 Å². The van der Waals surface area contributed by atoms with Gasteiger partial charge in [0, 0.05) is 107 Å². The van der Waals surface area contributed by atoms with E-state index in [1.807, 2.05) is 88.0 Å². The van der Waals surface area contributed by atoms with E-state index in [0.717, 1.165) is 55.5 Å². The molecule has 16 rings (SSSR count). The van der Waals surface area contributed by atoms with E-state index in [1.54, 1.807) is 116 Å². The standard InChI is InChI=1S/C27H33N5O4S.C27H32N4O3S.C26H29FN4O4S.C24H26ClN5O3S/c1-6-36-21-11-17(2)10-19(12-21)20-13-22(25(29-15-20)32-16-18(3)14-27(32,4)5)26(33)31-37(34,35)24-9-7-8-23(28)30-24;1-19-17-27(3,4)31(18-19)25-23(13-9-15-28-25)26(32)30-35(33,34)24-14-8-12-22(29-24)16-20(2)21-10-6-5-7-11-21;1-16(2)15-35-21-12-18(11-19(27)13-21)24-8-7-23(25(29-24)31-10-9-17(31)3)26(32)30-36(33,34)22-6-4-5-20(28)14-22;1-16-14-24(2,3)30(15-16)22-19(9-6-12-26-22)23(31)29-34(32,33)21-11-5-10-20(28-21)27-18-8-4-7-17(25)13-18/h7-13,15,18H,6,14,16H2,1-5H3,(H2,28,30)(H,31,33);5-15,19-20H,16-18H2,1-4H3,(H,30,32);4-8,11-14,16-17H,9-10,15,28H2,1-3H3,(H,30,32);4-13,16H,14-15H2,1-3H3,(H,27,28)(H,29,31). The van der Waals surface area contributed by atoms with Crippen molar-refractivity contribution in [1.29, 1.82) is 0 Å². The molecule has 4 saturated heterocycles. The summed E-state index contributed by atoms with van der Waals surface area (Å²) in [6, 6.07) is 57.7. The van der Waals surface area contributed by atoms with Gasteiger partial charge in [-0.2, -0.15) is 25.3 Å². The molecule has 11 heterocycles. The van der Waals surface area contributed by atoms with Gasteiger partial charge in [-0.15, -0.1) is 0 Å². The molecule has 5 atom stereocenters. The molecule has 32 nitrogen and oxygen atoms in total. The third-order valence-corrected chi connectivity index (χ3v) is 29.7. The molecule has 0 saturated carbocycles. The Hall–Kier alpha value is -13.8. The third kappa shape index (κ3) is 26.3. The Morgan fingerprint density at radius 3 is 1.54 bits per heavy atom. The summed E-state index contributed by atoms with van der Waals surface area (Å²) in [6.45, 7) is 34.8. The monoisotopic (exact) mass is 2030 g/mol. The lowest BCUT2D eigenvalue weighted by Gasteiger charge is -2.40. The molecule has 4 amide bonds. The Kier molecular flexibility index (Phi) is 32.9. The van der Waals surface area contributed by atoms with Crippen LogP contribution in [0, 0.1) is 36.4 Å². The molecule has 142 heavy (non-hydrogen) atoms. The number of hydrogen-bond donors (Lipinski definition) is 7. The zero-order chi connectivity index (χ0) is 103. The molecule has 12 aromatic rings. The van der Waals surface area contributed by atoms with Crippen LogP contribution >= 0.6 is 11.6 Å². The fraction of sp³-hybridized carbons (Fsp3) is 0.337. The predicted octanol–water partition coefficient (Wildman–Crippen LogP) is 17.6. The van der Waals surface area contributed by atoms with Gasteiger partial charge >= 0.3 is 0 Å². The molecule has 7 aromatic heterocycles. The van der Waals surface area contributed by atoms with Crippen LogP contribution in [-0.4, -0.2) is 154 Å². The van der Waals surface area contributed by atoms with E-state index in [4.69, 9.17) is 37.5 Å². The van der Waals surface area contributed by atoms with Gasteiger partial charge < -0.3 is 45.9 Å². The van der Waals surface area contributed by atoms with Crippen LogP contribution in [0.1, 0.15) is 187 Å². The first-order chi connectivity index (χ1) is 67.0. The van der Waals surface area contributed by atoms with Gasteiger partial charge in [0.1, 0.15) is 52.2 Å². The quantitative estimate of drug-likeness (QED) is 0.0224. The number of halogens is 2. The van der Waals surface area contributed by atoms with Crippen molar-refractivity contribution in [3.8, 4) is 33.9 Å². The number of nitrogens with one attached hydrogen (secondary N) is 5. The fourth-order valence-electron chi connectivity index (χ4n) is 18.0. The van der Waals surface area contributed by atoms with Crippen LogP contribution in [0.25, 0.3) is 22.4 Å². The average molecular weight is 2030 g/mol. The Morgan fingerprint density at radius 1 is 0.493 bits per heavy atom. The smallest absolute Gasteiger partial charge is 0.281 e. The lowest BCUT2D eigenvalue weighted by Crippen LogP contribution is -2.47. The Labute approximate surface area is 835 Å². The molecule has 0 radical (unpaired) electrons. The predicted molar refractivity (Wildman–Crippen MR) is 551 cm³/mol. The van der Waals surface area contributed by atoms with Gasteiger partial charge in [-0.1, -0.05) is 120 Å². The first-order valence-corrected chi connectivity index (χ1v) is 52.9. The Balaban J connectivity index is 0.000000159. The van der Waals surface area contributed by atoms with Crippen LogP contribution < -0.4 is 64.7 Å². The molecule has 38 heteroatoms. The van der Waals surface area contributed by atoms with Crippen LogP contribution in [0.3, 0.4) is 0 Å². The summed E-state index contributed by atoms with van der Waals surface area (Å²) in [6.07, 6.45) is 9.24. The van der Waals surface area contributed by atoms with Crippen LogP contribution in [0.4, 0.5) is 50.7 Å². The molecule has 0 spiro atoms. The van der Waals surface area contributed by atoms with Crippen molar-refractivity contribution in [2.45, 2.75) is 185 Å². The van der Waals surface area contributed by atoms with E-state index in [2.05, 4.69) is 138 Å². The van der Waals surface area contributed by atoms with Crippen molar-refractivity contribution in [1.82, 2.24) is 53.8 Å². The van der Waals surface area contributed by atoms with Gasteiger partial charge in [-0.25, -0.2) is 66.6 Å². The molecule has 4 fully saturated rings. The summed E-state index contributed by atoms with van der Waals surface area (Å²) in [4.78, 5) is 91.6. The minimum Gasteiger partial charge on any atom is -0.494 e. The maximum absolute atomic E-state index is 14.4. The van der Waals surface area contributed by atoms with Crippen molar-refractivity contribution in [2.75, 3.05) is 75.8 Å². The van der Waals surface area contributed by atoms with Gasteiger partial charge in [-0.3, -0.25) is 19.2 Å². The zero-order valence-electron chi connectivity index (χ0n) is 81.9. The number of rotatable bonds is 28. The largest absolute Gasteiger partial charge is 0.494 e. The van der Waals surface area contributed by atoms with Gasteiger partial charge in [0.25, 0.3) is 63.7 Å². The van der Waals surface area contributed by atoms with Crippen molar-refractivity contribution >= 4 is 122 Å². The second-order valence-electron chi connectivity index (χ2n) is 38.5. The maximum atomic E-state index is 14.4. The highest BCUT2D eigenvalue weighted by atomic mass is 35.5. The molecule has 0 aliphatic carbocycles. The highest BCUT2D eigenvalue weighted by Crippen LogP contribution is 2.43. The summed E-state index contributed by atoms with van der Waals surface area (Å²) in [5.74, 6) is 1.31. The van der Waals surface area contributed by atoms with Crippen molar-refractivity contribution in [2.24, 2.45) is 23.7 Å². The number of carbonyl (C=O) groups excluding carboxylic acids is 4. The van der Waals surface area contributed by atoms with E-state index in [-0.39, 0.29) is 88.2 Å². The lowest BCUT2D eigenvalue weighted by molar-refractivity contribution is 0.0972. The van der Waals surface area contributed by atoms with Crippen LogP contribution in [0.15, 0.2) is 251 Å². The van der Waals surface area contributed by atoms with Crippen LogP contribution in [0.2, 0.25) is 5.02 Å². The van der Waals surface area contributed by atoms with E-state index in [9.17, 15) is 57.2 Å². The fourth-order valence-corrected chi connectivity index (χ4v) is 22.0. The topological polar surface area (TPSA) is 439 Å². The number of carbonyl (C=O) groups is 4.